The molecule has 2 heterocycles. The second-order valence-corrected chi connectivity index (χ2v) is 4.04. The fourth-order valence-electron chi connectivity index (χ4n) is 1.85. The summed E-state index contributed by atoms with van der Waals surface area (Å²) in [6.45, 7) is 2.87. The molecule has 0 aliphatic rings. The van der Waals surface area contributed by atoms with Crippen LogP contribution in [0.5, 0.6) is 0 Å². The van der Waals surface area contributed by atoms with E-state index >= 15 is 0 Å². The van der Waals surface area contributed by atoms with Crippen LogP contribution in [0.15, 0.2) is 42.7 Å². The molecule has 2 aromatic rings. The van der Waals surface area contributed by atoms with Gasteiger partial charge < -0.3 is 5.32 Å². The number of likely N-dealkylation sites (N-methyl/N-ethyl adjacent to an activating group) is 1. The van der Waals surface area contributed by atoms with Crippen LogP contribution in [-0.2, 0) is 6.42 Å². The molecule has 2 aromatic heterocycles. The summed E-state index contributed by atoms with van der Waals surface area (Å²) >= 11 is 0. The van der Waals surface area contributed by atoms with Gasteiger partial charge in [0.25, 0.3) is 0 Å². The SMILES string of the molecule is CCNC(Cc1ccccn1)c1ccc(F)cn1. The van der Waals surface area contributed by atoms with Crippen molar-refractivity contribution < 1.29 is 4.39 Å². The third-order valence-electron chi connectivity index (χ3n) is 2.70. The van der Waals surface area contributed by atoms with Crippen LogP contribution in [0.25, 0.3) is 0 Å². The van der Waals surface area contributed by atoms with Gasteiger partial charge in [0.2, 0.25) is 0 Å². The normalized spacial score (nSPS) is 12.3. The van der Waals surface area contributed by atoms with E-state index in [2.05, 4.69) is 15.3 Å². The highest BCUT2D eigenvalue weighted by Crippen LogP contribution is 2.15. The van der Waals surface area contributed by atoms with Crippen molar-refractivity contribution in [3.8, 4) is 0 Å². The highest BCUT2D eigenvalue weighted by atomic mass is 19.1. The molecule has 4 heteroatoms. The molecule has 3 nitrogen and oxygen atoms in total. The molecule has 0 fully saturated rings. The number of rotatable bonds is 5. The second kappa shape index (κ2) is 6.21. The van der Waals surface area contributed by atoms with Crippen LogP contribution in [0.2, 0.25) is 0 Å². The summed E-state index contributed by atoms with van der Waals surface area (Å²) in [7, 11) is 0. The van der Waals surface area contributed by atoms with Crippen LogP contribution in [-0.4, -0.2) is 16.5 Å². The van der Waals surface area contributed by atoms with Crippen molar-refractivity contribution in [2.45, 2.75) is 19.4 Å². The average molecular weight is 245 g/mol. The van der Waals surface area contributed by atoms with Gasteiger partial charge in [0.1, 0.15) is 5.82 Å². The van der Waals surface area contributed by atoms with E-state index < -0.39 is 0 Å². The molecule has 1 atom stereocenters. The van der Waals surface area contributed by atoms with Gasteiger partial charge in [-0.15, -0.1) is 0 Å². The van der Waals surface area contributed by atoms with Crippen molar-refractivity contribution in [3.63, 3.8) is 0 Å². The lowest BCUT2D eigenvalue weighted by Gasteiger charge is -2.16. The van der Waals surface area contributed by atoms with Crippen molar-refractivity contribution >= 4 is 0 Å². The smallest absolute Gasteiger partial charge is 0.141 e. The number of pyridine rings is 2. The van der Waals surface area contributed by atoms with E-state index in [9.17, 15) is 4.39 Å². The van der Waals surface area contributed by atoms with Crippen LogP contribution in [0.1, 0.15) is 24.4 Å². The molecule has 0 radical (unpaired) electrons. The molecule has 2 rings (SSSR count). The molecule has 0 bridgehead atoms. The molecular weight excluding hydrogens is 229 g/mol. The van der Waals surface area contributed by atoms with Gasteiger partial charge in [-0.3, -0.25) is 9.97 Å². The first kappa shape index (κ1) is 12.6. The lowest BCUT2D eigenvalue weighted by atomic mass is 10.1. The van der Waals surface area contributed by atoms with Crippen LogP contribution in [0.4, 0.5) is 4.39 Å². The second-order valence-electron chi connectivity index (χ2n) is 4.04. The topological polar surface area (TPSA) is 37.8 Å². The number of halogens is 1. The Morgan fingerprint density at radius 3 is 2.72 bits per heavy atom. The zero-order valence-corrected chi connectivity index (χ0v) is 10.3. The lowest BCUT2D eigenvalue weighted by molar-refractivity contribution is 0.527. The third kappa shape index (κ3) is 3.34. The van der Waals surface area contributed by atoms with Crippen LogP contribution in [0.3, 0.4) is 0 Å². The first-order chi connectivity index (χ1) is 8.79. The summed E-state index contributed by atoms with van der Waals surface area (Å²) in [5.41, 5.74) is 1.83. The molecule has 1 unspecified atom stereocenters. The van der Waals surface area contributed by atoms with Crippen molar-refractivity contribution in [2.24, 2.45) is 0 Å². The maximum Gasteiger partial charge on any atom is 0.141 e. The zero-order valence-electron chi connectivity index (χ0n) is 10.3. The van der Waals surface area contributed by atoms with Crippen LogP contribution >= 0.6 is 0 Å². The Hall–Kier alpha value is -1.81. The van der Waals surface area contributed by atoms with Crippen molar-refractivity contribution in [2.75, 3.05) is 6.54 Å². The molecule has 0 saturated heterocycles. The van der Waals surface area contributed by atoms with Crippen LogP contribution in [0, 0.1) is 5.82 Å². The van der Waals surface area contributed by atoms with Crippen molar-refractivity contribution in [1.82, 2.24) is 15.3 Å². The van der Waals surface area contributed by atoms with Gasteiger partial charge in [0.15, 0.2) is 0 Å². The standard InChI is InChI=1S/C14H16FN3/c1-2-16-14(9-12-5-3-4-8-17-12)13-7-6-11(15)10-18-13/h3-8,10,14,16H,2,9H2,1H3. The molecule has 0 saturated carbocycles. The summed E-state index contributed by atoms with van der Waals surface area (Å²) in [6, 6.07) is 9.04. The molecule has 1 N–H and O–H groups in total. The highest BCUT2D eigenvalue weighted by Gasteiger charge is 2.13. The van der Waals surface area contributed by atoms with E-state index in [1.807, 2.05) is 25.1 Å². The van der Waals surface area contributed by atoms with Gasteiger partial charge in [-0.25, -0.2) is 4.39 Å². The lowest BCUT2D eigenvalue weighted by Crippen LogP contribution is -2.24. The Morgan fingerprint density at radius 1 is 1.22 bits per heavy atom. The number of hydrogen-bond donors (Lipinski definition) is 1. The van der Waals surface area contributed by atoms with E-state index in [1.165, 1.54) is 12.3 Å². The number of aromatic nitrogens is 2. The first-order valence-electron chi connectivity index (χ1n) is 6.04. The predicted molar refractivity (Wildman–Crippen MR) is 68.6 cm³/mol. The maximum atomic E-state index is 12.9. The molecule has 0 spiro atoms. The third-order valence-corrected chi connectivity index (χ3v) is 2.70. The fraction of sp³-hybridized carbons (Fsp3) is 0.286. The Labute approximate surface area is 106 Å². The van der Waals surface area contributed by atoms with Gasteiger partial charge >= 0.3 is 0 Å². The minimum absolute atomic E-state index is 0.0606. The number of nitrogens with zero attached hydrogens (tertiary/aromatic N) is 2. The van der Waals surface area contributed by atoms with E-state index in [0.717, 1.165) is 24.4 Å². The quantitative estimate of drug-likeness (QED) is 0.879. The van der Waals surface area contributed by atoms with Crippen LogP contribution < -0.4 is 5.32 Å². The zero-order chi connectivity index (χ0) is 12.8. The minimum atomic E-state index is -0.313. The van der Waals surface area contributed by atoms with Gasteiger partial charge in [0, 0.05) is 18.3 Å². The van der Waals surface area contributed by atoms with E-state index in [1.54, 1.807) is 12.3 Å². The van der Waals surface area contributed by atoms with Gasteiger partial charge in [-0.05, 0) is 30.8 Å². The van der Waals surface area contributed by atoms with E-state index in [-0.39, 0.29) is 11.9 Å². The molecule has 18 heavy (non-hydrogen) atoms. The van der Waals surface area contributed by atoms with Crippen molar-refractivity contribution in [1.29, 1.82) is 0 Å². The molecule has 0 aromatic carbocycles. The highest BCUT2D eigenvalue weighted by molar-refractivity contribution is 5.14. The minimum Gasteiger partial charge on any atom is -0.309 e. The summed E-state index contributed by atoms with van der Waals surface area (Å²) < 4.78 is 12.9. The van der Waals surface area contributed by atoms with E-state index in [0.29, 0.717) is 0 Å². The monoisotopic (exact) mass is 245 g/mol. The molecular formula is C14H16FN3. The first-order valence-corrected chi connectivity index (χ1v) is 6.04. The average Bonchev–Trinajstić information content (AvgIpc) is 2.40. The van der Waals surface area contributed by atoms with Gasteiger partial charge in [-0.1, -0.05) is 13.0 Å². The Morgan fingerprint density at radius 2 is 2.11 bits per heavy atom. The molecule has 0 aliphatic carbocycles. The van der Waals surface area contributed by atoms with Crippen molar-refractivity contribution in [3.05, 3.63) is 59.9 Å². The summed E-state index contributed by atoms with van der Waals surface area (Å²) in [5, 5.41) is 3.34. The van der Waals surface area contributed by atoms with Gasteiger partial charge in [0.05, 0.1) is 17.9 Å². The summed E-state index contributed by atoms with van der Waals surface area (Å²) in [4.78, 5) is 8.43. The Bertz CT molecular complexity index is 470. The summed E-state index contributed by atoms with van der Waals surface area (Å²) in [6.07, 6.45) is 3.77. The molecule has 0 amide bonds. The van der Waals surface area contributed by atoms with E-state index in [4.69, 9.17) is 0 Å². The Balaban J connectivity index is 2.15. The molecule has 0 aliphatic heterocycles. The largest absolute Gasteiger partial charge is 0.309 e. The maximum absolute atomic E-state index is 12.9. The van der Waals surface area contributed by atoms with Gasteiger partial charge in [-0.2, -0.15) is 0 Å². The number of nitrogens with one attached hydrogen (secondary N) is 1. The number of hydrogen-bond acceptors (Lipinski definition) is 3. The molecule has 94 valence electrons. The Kier molecular flexibility index (Phi) is 4.36. The summed E-state index contributed by atoms with van der Waals surface area (Å²) in [5.74, 6) is -0.313. The fourth-order valence-corrected chi connectivity index (χ4v) is 1.85. The predicted octanol–water partition coefficient (Wildman–Crippen LogP) is 2.51.